The summed E-state index contributed by atoms with van der Waals surface area (Å²) >= 11 is 0. The minimum Gasteiger partial charge on any atom is -0.449 e. The normalized spacial score (nSPS) is 9.39. The molecular formula is C12H16N4O2. The molecule has 1 N–H and O–H groups in total. The van der Waals surface area contributed by atoms with Crippen LogP contribution in [0.2, 0.25) is 0 Å². The maximum Gasteiger partial charge on any atom is 0.411 e. The minimum atomic E-state index is -0.489. The Morgan fingerprint density at radius 1 is 1.50 bits per heavy atom. The number of carbonyl (C=O) groups is 1. The van der Waals surface area contributed by atoms with Gasteiger partial charge in [-0.1, -0.05) is 36.7 Å². The van der Waals surface area contributed by atoms with E-state index in [9.17, 15) is 4.79 Å². The van der Waals surface area contributed by atoms with Crippen molar-refractivity contribution in [3.63, 3.8) is 0 Å². The summed E-state index contributed by atoms with van der Waals surface area (Å²) < 4.78 is 4.99. The zero-order valence-electron chi connectivity index (χ0n) is 10.3. The Morgan fingerprint density at radius 3 is 3.00 bits per heavy atom. The number of anilines is 1. The summed E-state index contributed by atoms with van der Waals surface area (Å²) in [6.07, 6.45) is 1.32. The highest BCUT2D eigenvalue weighted by Crippen LogP contribution is 2.16. The largest absolute Gasteiger partial charge is 0.449 e. The molecule has 0 spiro atoms. The monoisotopic (exact) mass is 248 g/mol. The van der Waals surface area contributed by atoms with E-state index in [2.05, 4.69) is 15.3 Å². The fourth-order valence-electron chi connectivity index (χ4n) is 1.34. The number of hydrogen-bond acceptors (Lipinski definition) is 3. The van der Waals surface area contributed by atoms with Crippen molar-refractivity contribution < 1.29 is 9.53 Å². The van der Waals surface area contributed by atoms with E-state index in [0.717, 1.165) is 18.4 Å². The molecule has 0 fully saturated rings. The third-order valence-electron chi connectivity index (χ3n) is 2.29. The van der Waals surface area contributed by atoms with Crippen LogP contribution < -0.4 is 5.32 Å². The lowest BCUT2D eigenvalue weighted by molar-refractivity contribution is 0.160. The van der Waals surface area contributed by atoms with Gasteiger partial charge in [-0.05, 0) is 23.6 Å². The molecule has 0 bridgehead atoms. The second-order valence-corrected chi connectivity index (χ2v) is 3.66. The van der Waals surface area contributed by atoms with Gasteiger partial charge in [-0.2, -0.15) is 0 Å². The van der Waals surface area contributed by atoms with E-state index < -0.39 is 6.09 Å². The summed E-state index contributed by atoms with van der Waals surface area (Å²) in [6.45, 7) is 2.62. The molecule has 0 saturated carbocycles. The highest BCUT2D eigenvalue weighted by atomic mass is 16.5. The van der Waals surface area contributed by atoms with Gasteiger partial charge >= 0.3 is 6.09 Å². The molecule has 6 heteroatoms. The highest BCUT2D eigenvalue weighted by molar-refractivity contribution is 5.85. The van der Waals surface area contributed by atoms with Crippen LogP contribution in [0.25, 0.3) is 10.4 Å². The second-order valence-electron chi connectivity index (χ2n) is 3.66. The fraction of sp³-hybridized carbons (Fsp3) is 0.417. The summed E-state index contributed by atoms with van der Waals surface area (Å²) in [6, 6.07) is 7.14. The fourth-order valence-corrected chi connectivity index (χ4v) is 1.34. The zero-order chi connectivity index (χ0) is 13.2. The van der Waals surface area contributed by atoms with Crippen molar-refractivity contribution in [2.45, 2.75) is 26.3 Å². The number of amides is 1. The minimum absolute atomic E-state index is 0.196. The third kappa shape index (κ3) is 4.76. The SMILES string of the molecule is CCCCOC(=O)Nc1ccccc1CN=[N+]=[N-]. The summed E-state index contributed by atoms with van der Waals surface area (Å²) in [5.74, 6) is 0. The van der Waals surface area contributed by atoms with Crippen LogP contribution in [-0.4, -0.2) is 12.7 Å². The number of para-hydroxylation sites is 1. The van der Waals surface area contributed by atoms with Crippen LogP contribution in [0, 0.1) is 0 Å². The summed E-state index contributed by atoms with van der Waals surface area (Å²) in [5, 5.41) is 6.11. The summed E-state index contributed by atoms with van der Waals surface area (Å²) in [7, 11) is 0. The van der Waals surface area contributed by atoms with Gasteiger partial charge in [-0.15, -0.1) is 0 Å². The third-order valence-corrected chi connectivity index (χ3v) is 2.29. The molecule has 0 saturated heterocycles. The lowest BCUT2D eigenvalue weighted by Crippen LogP contribution is -2.15. The van der Waals surface area contributed by atoms with Crippen LogP contribution in [0.15, 0.2) is 29.4 Å². The van der Waals surface area contributed by atoms with E-state index in [1.165, 1.54) is 0 Å². The molecule has 0 unspecified atom stereocenters. The van der Waals surface area contributed by atoms with E-state index in [0.29, 0.717) is 12.3 Å². The Morgan fingerprint density at radius 2 is 2.28 bits per heavy atom. The van der Waals surface area contributed by atoms with Gasteiger partial charge in [0.2, 0.25) is 0 Å². The molecule has 0 atom stereocenters. The van der Waals surface area contributed by atoms with Crippen LogP contribution in [-0.2, 0) is 11.3 Å². The molecule has 0 aromatic heterocycles. The first-order chi connectivity index (χ1) is 8.77. The number of rotatable bonds is 6. The van der Waals surface area contributed by atoms with Crippen LogP contribution >= 0.6 is 0 Å². The maximum atomic E-state index is 11.5. The molecule has 6 nitrogen and oxygen atoms in total. The molecule has 1 aromatic carbocycles. The Balaban J connectivity index is 2.59. The lowest BCUT2D eigenvalue weighted by Gasteiger charge is -2.09. The first kappa shape index (κ1) is 13.9. The van der Waals surface area contributed by atoms with Gasteiger partial charge in [0.05, 0.1) is 13.2 Å². The number of unbranched alkanes of at least 4 members (excludes halogenated alkanes) is 1. The van der Waals surface area contributed by atoms with Crippen LogP contribution in [0.1, 0.15) is 25.3 Å². The van der Waals surface area contributed by atoms with Crippen LogP contribution in [0.4, 0.5) is 10.5 Å². The average Bonchev–Trinajstić information content (AvgIpc) is 2.38. The number of carbonyl (C=O) groups excluding carboxylic acids is 1. The molecule has 0 radical (unpaired) electrons. The number of benzene rings is 1. The predicted molar refractivity (Wildman–Crippen MR) is 69.2 cm³/mol. The van der Waals surface area contributed by atoms with Gasteiger partial charge in [0.1, 0.15) is 0 Å². The topological polar surface area (TPSA) is 87.1 Å². The molecule has 1 amide bonds. The van der Waals surface area contributed by atoms with Crippen molar-refractivity contribution in [3.8, 4) is 0 Å². The van der Waals surface area contributed by atoms with Gasteiger partial charge in [-0.3, -0.25) is 5.32 Å². The number of azide groups is 1. The Labute approximate surface area is 106 Å². The van der Waals surface area contributed by atoms with E-state index >= 15 is 0 Å². The van der Waals surface area contributed by atoms with Crippen molar-refractivity contribution in [3.05, 3.63) is 40.3 Å². The van der Waals surface area contributed by atoms with Gasteiger partial charge in [-0.25, -0.2) is 4.79 Å². The Hall–Kier alpha value is -2.20. The summed E-state index contributed by atoms with van der Waals surface area (Å²) in [4.78, 5) is 14.2. The number of nitrogens with zero attached hydrogens (tertiary/aromatic N) is 3. The summed E-state index contributed by atoms with van der Waals surface area (Å²) in [5.41, 5.74) is 9.65. The molecule has 0 aliphatic rings. The number of hydrogen-bond donors (Lipinski definition) is 1. The van der Waals surface area contributed by atoms with Gasteiger partial charge < -0.3 is 4.74 Å². The first-order valence-electron chi connectivity index (χ1n) is 5.80. The van der Waals surface area contributed by atoms with Gasteiger partial charge in [0, 0.05) is 10.6 Å². The van der Waals surface area contributed by atoms with Crippen LogP contribution in [0.5, 0.6) is 0 Å². The molecule has 0 aliphatic heterocycles. The van der Waals surface area contributed by atoms with Crippen molar-refractivity contribution in [1.29, 1.82) is 0 Å². The second kappa shape index (κ2) is 7.97. The molecule has 0 aliphatic carbocycles. The Bertz CT molecular complexity index is 441. The maximum absolute atomic E-state index is 11.5. The molecule has 1 rings (SSSR count). The van der Waals surface area contributed by atoms with Crippen molar-refractivity contribution in [2.24, 2.45) is 5.11 Å². The molecule has 96 valence electrons. The van der Waals surface area contributed by atoms with E-state index in [1.54, 1.807) is 18.2 Å². The van der Waals surface area contributed by atoms with E-state index in [1.807, 2.05) is 13.0 Å². The number of ether oxygens (including phenoxy) is 1. The average molecular weight is 248 g/mol. The van der Waals surface area contributed by atoms with Crippen LogP contribution in [0.3, 0.4) is 0 Å². The molecular weight excluding hydrogens is 232 g/mol. The van der Waals surface area contributed by atoms with Gasteiger partial charge in [0.25, 0.3) is 0 Å². The zero-order valence-corrected chi connectivity index (χ0v) is 10.3. The Kier molecular flexibility index (Phi) is 6.14. The smallest absolute Gasteiger partial charge is 0.411 e. The quantitative estimate of drug-likeness (QED) is 0.358. The van der Waals surface area contributed by atoms with Gasteiger partial charge in [0.15, 0.2) is 0 Å². The van der Waals surface area contributed by atoms with Crippen molar-refractivity contribution in [1.82, 2.24) is 0 Å². The predicted octanol–water partition coefficient (Wildman–Crippen LogP) is 3.85. The molecule has 0 heterocycles. The standard InChI is InChI=1S/C12H16N4O2/c1-2-3-8-18-12(17)15-11-7-5-4-6-10(11)9-14-16-13/h4-7H,2-3,8-9H2,1H3,(H,15,17). The van der Waals surface area contributed by atoms with Crippen molar-refractivity contribution >= 4 is 11.8 Å². The van der Waals surface area contributed by atoms with Crippen molar-refractivity contribution in [2.75, 3.05) is 11.9 Å². The highest BCUT2D eigenvalue weighted by Gasteiger charge is 2.06. The first-order valence-corrected chi connectivity index (χ1v) is 5.80. The molecule has 1 aromatic rings. The van der Waals surface area contributed by atoms with E-state index in [-0.39, 0.29) is 6.54 Å². The number of nitrogens with one attached hydrogen (secondary N) is 1. The molecule has 18 heavy (non-hydrogen) atoms. The lowest BCUT2D eigenvalue weighted by atomic mass is 10.2. The van der Waals surface area contributed by atoms with E-state index in [4.69, 9.17) is 10.3 Å².